The van der Waals surface area contributed by atoms with Crippen LogP contribution in [0.1, 0.15) is 41.0 Å². The van der Waals surface area contributed by atoms with Crippen LogP contribution in [0.2, 0.25) is 0 Å². The largest absolute Gasteiger partial charge is 0.479 e. The second-order valence-electron chi connectivity index (χ2n) is 4.29. The van der Waals surface area contributed by atoms with E-state index >= 15 is 0 Å². The molecule has 0 aliphatic heterocycles. The van der Waals surface area contributed by atoms with Crippen molar-refractivity contribution in [2.24, 2.45) is 5.92 Å². The smallest absolute Gasteiger partial charge is 0.335 e. The summed E-state index contributed by atoms with van der Waals surface area (Å²) in [5.41, 5.74) is -1.23. The molecule has 4 atom stereocenters. The quantitative estimate of drug-likeness (QED) is 0.711. The van der Waals surface area contributed by atoms with Crippen LogP contribution < -0.4 is 0 Å². The van der Waals surface area contributed by atoms with E-state index in [1.165, 1.54) is 0 Å². The van der Waals surface area contributed by atoms with E-state index in [-0.39, 0.29) is 5.92 Å². The number of rotatable bonds is 6. The molecule has 0 saturated carbocycles. The average molecular weight is 218 g/mol. The Balaban J connectivity index is 4.74. The van der Waals surface area contributed by atoms with Gasteiger partial charge in [-0.05, 0) is 26.7 Å². The lowest BCUT2D eigenvalue weighted by Crippen LogP contribution is -2.48. The van der Waals surface area contributed by atoms with Crippen molar-refractivity contribution in [3.05, 3.63) is 0 Å². The van der Waals surface area contributed by atoms with Crippen LogP contribution in [0.15, 0.2) is 0 Å². The Hall–Kier alpha value is -0.610. The number of carbonyl (C=O) groups is 1. The number of aliphatic hydroxyl groups excluding tert-OH is 1. The van der Waals surface area contributed by atoms with Crippen molar-refractivity contribution in [1.29, 1.82) is 0 Å². The summed E-state index contributed by atoms with van der Waals surface area (Å²) in [6.07, 6.45) is -0.442. The molecule has 90 valence electrons. The second-order valence-corrected chi connectivity index (χ2v) is 4.29. The number of hydrogen-bond donors (Lipinski definition) is 2. The van der Waals surface area contributed by atoms with Crippen LogP contribution in [0.4, 0.5) is 0 Å². The fourth-order valence-electron chi connectivity index (χ4n) is 1.25. The topological polar surface area (TPSA) is 66.8 Å². The first-order valence-corrected chi connectivity index (χ1v) is 5.35. The molecule has 0 radical (unpaired) electrons. The summed E-state index contributed by atoms with van der Waals surface area (Å²) in [5.74, 6) is -1.08. The van der Waals surface area contributed by atoms with Gasteiger partial charge in [0.15, 0.2) is 5.60 Å². The second kappa shape index (κ2) is 5.47. The molecular weight excluding hydrogens is 196 g/mol. The minimum absolute atomic E-state index is 0.101. The van der Waals surface area contributed by atoms with Gasteiger partial charge in [0.05, 0.1) is 12.2 Å². The molecule has 4 unspecified atom stereocenters. The molecule has 2 N–H and O–H groups in total. The van der Waals surface area contributed by atoms with Crippen molar-refractivity contribution >= 4 is 5.97 Å². The molecule has 0 aliphatic carbocycles. The summed E-state index contributed by atoms with van der Waals surface area (Å²) < 4.78 is 5.46. The van der Waals surface area contributed by atoms with Gasteiger partial charge in [0, 0.05) is 0 Å². The fourth-order valence-corrected chi connectivity index (χ4v) is 1.25. The summed E-state index contributed by atoms with van der Waals surface area (Å²) in [7, 11) is 0. The lowest BCUT2D eigenvalue weighted by Gasteiger charge is -2.34. The molecule has 0 amide bonds. The van der Waals surface area contributed by atoms with Crippen molar-refractivity contribution in [3.8, 4) is 0 Å². The summed E-state index contributed by atoms with van der Waals surface area (Å²) in [5, 5.41) is 18.5. The first-order chi connectivity index (χ1) is 6.75. The molecule has 0 fully saturated rings. The highest BCUT2D eigenvalue weighted by molar-refractivity contribution is 5.77. The Labute approximate surface area is 91.3 Å². The number of aliphatic carboxylic acids is 1. The van der Waals surface area contributed by atoms with Gasteiger partial charge in [-0.25, -0.2) is 4.79 Å². The van der Waals surface area contributed by atoms with Crippen LogP contribution in [0.25, 0.3) is 0 Å². The highest BCUT2D eigenvalue weighted by Crippen LogP contribution is 2.27. The SMILES string of the molecule is CCC(C)C(C)(OC(C)C(C)O)C(=O)O. The molecule has 0 aromatic rings. The van der Waals surface area contributed by atoms with Crippen LogP contribution in [-0.4, -0.2) is 34.0 Å². The van der Waals surface area contributed by atoms with E-state index in [1.54, 1.807) is 20.8 Å². The zero-order chi connectivity index (χ0) is 12.2. The molecule has 0 aromatic carbocycles. The van der Waals surface area contributed by atoms with Crippen molar-refractivity contribution in [2.45, 2.75) is 58.8 Å². The summed E-state index contributed by atoms with van der Waals surface area (Å²) in [6, 6.07) is 0. The molecule has 0 bridgehead atoms. The molecule has 4 nitrogen and oxygen atoms in total. The lowest BCUT2D eigenvalue weighted by atomic mass is 9.88. The van der Waals surface area contributed by atoms with Crippen LogP contribution in [0, 0.1) is 5.92 Å². The Kier molecular flexibility index (Phi) is 5.24. The van der Waals surface area contributed by atoms with Gasteiger partial charge in [-0.1, -0.05) is 20.3 Å². The molecule has 0 aliphatic rings. The van der Waals surface area contributed by atoms with E-state index in [4.69, 9.17) is 9.84 Å². The van der Waals surface area contributed by atoms with Crippen molar-refractivity contribution < 1.29 is 19.7 Å². The van der Waals surface area contributed by atoms with Gasteiger partial charge in [0.25, 0.3) is 0 Å². The van der Waals surface area contributed by atoms with E-state index in [0.29, 0.717) is 0 Å². The average Bonchev–Trinajstić information content (AvgIpc) is 2.15. The van der Waals surface area contributed by atoms with Gasteiger partial charge in [-0.3, -0.25) is 0 Å². The van der Waals surface area contributed by atoms with Gasteiger partial charge < -0.3 is 14.9 Å². The summed E-state index contributed by atoms with van der Waals surface area (Å²) >= 11 is 0. The summed E-state index contributed by atoms with van der Waals surface area (Å²) in [4.78, 5) is 11.2. The third kappa shape index (κ3) is 3.47. The van der Waals surface area contributed by atoms with Gasteiger partial charge in [-0.2, -0.15) is 0 Å². The third-order valence-electron chi connectivity index (χ3n) is 3.09. The molecule has 15 heavy (non-hydrogen) atoms. The molecule has 0 saturated heterocycles. The van der Waals surface area contributed by atoms with Crippen LogP contribution >= 0.6 is 0 Å². The molecule has 0 spiro atoms. The highest BCUT2D eigenvalue weighted by Gasteiger charge is 2.41. The van der Waals surface area contributed by atoms with Crippen LogP contribution in [-0.2, 0) is 9.53 Å². The van der Waals surface area contributed by atoms with Crippen LogP contribution in [0.5, 0.6) is 0 Å². The third-order valence-corrected chi connectivity index (χ3v) is 3.09. The predicted octanol–water partition coefficient (Wildman–Crippen LogP) is 1.66. The van der Waals surface area contributed by atoms with Crippen LogP contribution in [0.3, 0.4) is 0 Å². The molecule has 0 aromatic heterocycles. The first-order valence-electron chi connectivity index (χ1n) is 5.35. The molecular formula is C11H22O4. The first kappa shape index (κ1) is 14.4. The van der Waals surface area contributed by atoms with Gasteiger partial charge in [0.1, 0.15) is 0 Å². The standard InChI is InChI=1S/C11H22O4/c1-6-7(2)11(5,10(13)14)15-9(4)8(3)12/h7-9,12H,6H2,1-5H3,(H,13,14). The number of hydrogen-bond acceptors (Lipinski definition) is 3. The Morgan fingerprint density at radius 2 is 1.87 bits per heavy atom. The minimum atomic E-state index is -1.23. The Morgan fingerprint density at radius 1 is 1.40 bits per heavy atom. The normalized spacial score (nSPS) is 21.5. The zero-order valence-corrected chi connectivity index (χ0v) is 10.2. The number of carboxylic acids is 1. The summed E-state index contributed by atoms with van der Waals surface area (Å²) in [6.45, 7) is 8.57. The van der Waals surface area contributed by atoms with E-state index in [1.807, 2.05) is 13.8 Å². The lowest BCUT2D eigenvalue weighted by molar-refractivity contribution is -0.186. The Morgan fingerprint density at radius 3 is 2.13 bits per heavy atom. The van der Waals surface area contributed by atoms with E-state index in [9.17, 15) is 9.90 Å². The maximum absolute atomic E-state index is 11.2. The van der Waals surface area contributed by atoms with Crippen molar-refractivity contribution in [3.63, 3.8) is 0 Å². The van der Waals surface area contributed by atoms with E-state index in [0.717, 1.165) is 6.42 Å². The van der Waals surface area contributed by atoms with Crippen molar-refractivity contribution in [2.75, 3.05) is 0 Å². The van der Waals surface area contributed by atoms with E-state index in [2.05, 4.69) is 0 Å². The van der Waals surface area contributed by atoms with Gasteiger partial charge in [0.2, 0.25) is 0 Å². The number of carboxylic acid groups (broad SMARTS) is 1. The number of aliphatic hydroxyl groups is 1. The minimum Gasteiger partial charge on any atom is -0.479 e. The zero-order valence-electron chi connectivity index (χ0n) is 10.2. The highest BCUT2D eigenvalue weighted by atomic mass is 16.5. The molecule has 4 heteroatoms. The fraction of sp³-hybridized carbons (Fsp3) is 0.909. The predicted molar refractivity (Wildman–Crippen MR) is 57.7 cm³/mol. The molecule has 0 heterocycles. The molecule has 0 rings (SSSR count). The van der Waals surface area contributed by atoms with Crippen molar-refractivity contribution in [1.82, 2.24) is 0 Å². The number of ether oxygens (including phenoxy) is 1. The maximum atomic E-state index is 11.2. The van der Waals surface area contributed by atoms with Gasteiger partial charge >= 0.3 is 5.97 Å². The maximum Gasteiger partial charge on any atom is 0.335 e. The Bertz CT molecular complexity index is 215. The van der Waals surface area contributed by atoms with Gasteiger partial charge in [-0.15, -0.1) is 0 Å². The van der Waals surface area contributed by atoms with E-state index < -0.39 is 23.8 Å². The monoisotopic (exact) mass is 218 g/mol.